The lowest BCUT2D eigenvalue weighted by Crippen LogP contribution is -2.45. The Kier molecular flexibility index (Phi) is 4.74. The van der Waals surface area contributed by atoms with Crippen molar-refractivity contribution >= 4 is 24.0 Å². The first-order valence-corrected chi connectivity index (χ1v) is 8.48. The van der Waals surface area contributed by atoms with Crippen molar-refractivity contribution in [3.63, 3.8) is 0 Å². The van der Waals surface area contributed by atoms with E-state index >= 15 is 0 Å². The molecule has 0 bridgehead atoms. The van der Waals surface area contributed by atoms with Gasteiger partial charge in [-0.1, -0.05) is 31.0 Å². The summed E-state index contributed by atoms with van der Waals surface area (Å²) in [6.45, 7) is 2.79. The predicted molar refractivity (Wildman–Crippen MR) is 91.8 cm³/mol. The molecule has 1 aliphatic carbocycles. The quantitative estimate of drug-likeness (QED) is 0.831. The van der Waals surface area contributed by atoms with Crippen LogP contribution in [0.2, 0.25) is 0 Å². The summed E-state index contributed by atoms with van der Waals surface area (Å²) in [4.78, 5) is 17.4. The molecule has 2 atom stereocenters. The standard InChI is InChI=1S/C18H24N2O.ClH/c21-18(13-19-11-4-1-5-12-19)20-16-9-3-2-7-14(16)15-8-6-10-17(15)20;/h2-3,7,9,15,17H,1,4-6,8,10-13H2;1H. The Morgan fingerprint density at radius 1 is 1.05 bits per heavy atom. The molecule has 0 radical (unpaired) electrons. The van der Waals surface area contributed by atoms with E-state index < -0.39 is 0 Å². The smallest absolute Gasteiger partial charge is 0.241 e. The molecule has 0 N–H and O–H groups in total. The van der Waals surface area contributed by atoms with E-state index in [0.717, 1.165) is 13.1 Å². The van der Waals surface area contributed by atoms with Crippen molar-refractivity contribution in [2.75, 3.05) is 24.5 Å². The Bertz CT molecular complexity index is 542. The third-order valence-electron chi connectivity index (χ3n) is 5.48. The lowest BCUT2D eigenvalue weighted by Gasteiger charge is -2.30. The molecule has 1 saturated carbocycles. The molecule has 4 rings (SSSR count). The van der Waals surface area contributed by atoms with Gasteiger partial charge in [-0.3, -0.25) is 9.69 Å². The summed E-state index contributed by atoms with van der Waals surface area (Å²) >= 11 is 0. The first-order valence-electron chi connectivity index (χ1n) is 8.48. The van der Waals surface area contributed by atoms with Crippen LogP contribution >= 0.6 is 12.4 Å². The molecule has 2 fully saturated rings. The number of nitrogens with zero attached hydrogens (tertiary/aromatic N) is 2. The highest BCUT2D eigenvalue weighted by atomic mass is 35.5. The van der Waals surface area contributed by atoms with E-state index in [2.05, 4.69) is 34.1 Å². The minimum Gasteiger partial charge on any atom is -0.307 e. The zero-order chi connectivity index (χ0) is 14.2. The fourth-order valence-electron chi connectivity index (χ4n) is 4.52. The van der Waals surface area contributed by atoms with Gasteiger partial charge >= 0.3 is 0 Å². The molecule has 3 aliphatic rings. The van der Waals surface area contributed by atoms with E-state index in [1.54, 1.807) is 0 Å². The van der Waals surface area contributed by atoms with Gasteiger partial charge in [0.1, 0.15) is 0 Å². The zero-order valence-corrected chi connectivity index (χ0v) is 13.9. The van der Waals surface area contributed by atoms with Crippen molar-refractivity contribution in [3.8, 4) is 0 Å². The summed E-state index contributed by atoms with van der Waals surface area (Å²) < 4.78 is 0. The van der Waals surface area contributed by atoms with Gasteiger partial charge in [-0.25, -0.2) is 0 Å². The molecule has 4 heteroatoms. The molecule has 120 valence electrons. The highest BCUT2D eigenvalue weighted by Crippen LogP contribution is 2.49. The molecule has 2 aliphatic heterocycles. The minimum atomic E-state index is 0. The summed E-state index contributed by atoms with van der Waals surface area (Å²) in [5.74, 6) is 0.908. The molecule has 0 aromatic heterocycles. The largest absolute Gasteiger partial charge is 0.307 e. The van der Waals surface area contributed by atoms with Gasteiger partial charge < -0.3 is 4.90 Å². The Morgan fingerprint density at radius 3 is 2.64 bits per heavy atom. The predicted octanol–water partition coefficient (Wildman–Crippen LogP) is 3.58. The SMILES string of the molecule is Cl.O=C(CN1CCCCC1)N1c2ccccc2C2CCCC21. The van der Waals surface area contributed by atoms with Crippen molar-refractivity contribution in [1.29, 1.82) is 0 Å². The Morgan fingerprint density at radius 2 is 1.82 bits per heavy atom. The Balaban J connectivity index is 0.00000144. The summed E-state index contributed by atoms with van der Waals surface area (Å²) in [6, 6.07) is 8.99. The molecule has 1 aromatic rings. The Hall–Kier alpha value is -1.06. The van der Waals surface area contributed by atoms with Gasteiger partial charge in [-0.15, -0.1) is 12.4 Å². The van der Waals surface area contributed by atoms with Gasteiger partial charge in [0.15, 0.2) is 0 Å². The fraction of sp³-hybridized carbons (Fsp3) is 0.611. The van der Waals surface area contributed by atoms with Crippen LogP contribution in [-0.2, 0) is 4.79 Å². The zero-order valence-electron chi connectivity index (χ0n) is 13.0. The van der Waals surface area contributed by atoms with Crippen LogP contribution in [0.4, 0.5) is 5.69 Å². The van der Waals surface area contributed by atoms with Crippen molar-refractivity contribution in [1.82, 2.24) is 4.90 Å². The lowest BCUT2D eigenvalue weighted by atomic mass is 9.98. The summed E-state index contributed by atoms with van der Waals surface area (Å²) in [7, 11) is 0. The van der Waals surface area contributed by atoms with Crippen LogP contribution < -0.4 is 4.90 Å². The van der Waals surface area contributed by atoms with Crippen LogP contribution in [0.3, 0.4) is 0 Å². The highest BCUT2D eigenvalue weighted by molar-refractivity contribution is 5.98. The number of carbonyl (C=O) groups is 1. The second-order valence-electron chi connectivity index (χ2n) is 6.76. The number of para-hydroxylation sites is 1. The number of carbonyl (C=O) groups excluding carboxylic acids is 1. The second-order valence-corrected chi connectivity index (χ2v) is 6.76. The minimum absolute atomic E-state index is 0. The molecule has 3 nitrogen and oxygen atoms in total. The van der Waals surface area contributed by atoms with E-state index in [9.17, 15) is 4.79 Å². The first-order chi connectivity index (χ1) is 10.3. The first kappa shape index (κ1) is 15.8. The van der Waals surface area contributed by atoms with Crippen LogP contribution in [0.1, 0.15) is 50.0 Å². The Labute approximate surface area is 139 Å². The van der Waals surface area contributed by atoms with Crippen molar-refractivity contribution in [2.45, 2.75) is 50.5 Å². The number of piperidine rings is 1. The van der Waals surface area contributed by atoms with Gasteiger partial charge in [-0.2, -0.15) is 0 Å². The van der Waals surface area contributed by atoms with Gasteiger partial charge in [0, 0.05) is 17.6 Å². The average Bonchev–Trinajstić information content (AvgIpc) is 3.08. The monoisotopic (exact) mass is 320 g/mol. The van der Waals surface area contributed by atoms with Crippen LogP contribution in [-0.4, -0.2) is 36.5 Å². The molecule has 1 aromatic carbocycles. The number of benzene rings is 1. The van der Waals surface area contributed by atoms with Crippen LogP contribution in [0.15, 0.2) is 24.3 Å². The van der Waals surface area contributed by atoms with Crippen molar-refractivity contribution < 1.29 is 4.79 Å². The van der Waals surface area contributed by atoms with Crippen molar-refractivity contribution in [2.24, 2.45) is 0 Å². The van der Waals surface area contributed by atoms with Crippen molar-refractivity contribution in [3.05, 3.63) is 29.8 Å². The highest BCUT2D eigenvalue weighted by Gasteiger charge is 2.43. The van der Waals surface area contributed by atoms with Gasteiger partial charge in [-0.05, 0) is 50.4 Å². The van der Waals surface area contributed by atoms with E-state index in [1.165, 1.54) is 49.8 Å². The fourth-order valence-corrected chi connectivity index (χ4v) is 4.52. The van der Waals surface area contributed by atoms with Gasteiger partial charge in [0.25, 0.3) is 0 Å². The maximum absolute atomic E-state index is 12.9. The maximum Gasteiger partial charge on any atom is 0.241 e. The van der Waals surface area contributed by atoms with E-state index in [4.69, 9.17) is 0 Å². The molecule has 22 heavy (non-hydrogen) atoms. The number of likely N-dealkylation sites (tertiary alicyclic amines) is 1. The molecule has 1 amide bonds. The number of halogens is 1. The molecular weight excluding hydrogens is 296 g/mol. The number of rotatable bonds is 2. The molecular formula is C18H25ClN2O. The second kappa shape index (κ2) is 6.59. The van der Waals surface area contributed by atoms with Crippen LogP contribution in [0.5, 0.6) is 0 Å². The third-order valence-corrected chi connectivity index (χ3v) is 5.48. The topological polar surface area (TPSA) is 23.6 Å². The number of fused-ring (bicyclic) bond motifs is 3. The summed E-state index contributed by atoms with van der Waals surface area (Å²) in [6.07, 6.45) is 7.49. The van der Waals surface area contributed by atoms with Crippen LogP contribution in [0, 0.1) is 0 Å². The molecule has 2 unspecified atom stereocenters. The molecule has 2 heterocycles. The lowest BCUT2D eigenvalue weighted by molar-refractivity contribution is -0.120. The van der Waals surface area contributed by atoms with E-state index in [1.807, 2.05) is 0 Å². The number of amides is 1. The number of hydrogen-bond acceptors (Lipinski definition) is 2. The normalized spacial score (nSPS) is 27.2. The third kappa shape index (κ3) is 2.65. The number of anilines is 1. The molecule has 0 spiro atoms. The van der Waals surface area contributed by atoms with Crippen LogP contribution in [0.25, 0.3) is 0 Å². The van der Waals surface area contributed by atoms with E-state index in [0.29, 0.717) is 24.4 Å². The maximum atomic E-state index is 12.9. The summed E-state index contributed by atoms with van der Waals surface area (Å²) in [5, 5.41) is 0. The average molecular weight is 321 g/mol. The number of hydrogen-bond donors (Lipinski definition) is 0. The van der Waals surface area contributed by atoms with Gasteiger partial charge in [0.05, 0.1) is 6.54 Å². The van der Waals surface area contributed by atoms with E-state index in [-0.39, 0.29) is 12.4 Å². The van der Waals surface area contributed by atoms with Gasteiger partial charge in [0.2, 0.25) is 5.91 Å². The summed E-state index contributed by atoms with van der Waals surface area (Å²) in [5.41, 5.74) is 2.60. The molecule has 1 saturated heterocycles.